The summed E-state index contributed by atoms with van der Waals surface area (Å²) in [5.74, 6) is -1.30. The number of hydrogen-bond donors (Lipinski definition) is 1. The van der Waals surface area contributed by atoms with E-state index < -0.39 is 18.1 Å². The highest BCUT2D eigenvalue weighted by Gasteiger charge is 2.12. The summed E-state index contributed by atoms with van der Waals surface area (Å²) >= 11 is 0. The van der Waals surface area contributed by atoms with E-state index in [-0.39, 0.29) is 5.56 Å². The van der Waals surface area contributed by atoms with Gasteiger partial charge in [-0.2, -0.15) is 5.10 Å². The van der Waals surface area contributed by atoms with Crippen molar-refractivity contribution in [3.8, 4) is 0 Å². The predicted octanol–water partition coefficient (Wildman–Crippen LogP) is 1.11. The fourth-order valence-corrected chi connectivity index (χ4v) is 0.607. The Hall–Kier alpha value is -1.59. The Morgan fingerprint density at radius 1 is 1.58 bits per heavy atom. The summed E-state index contributed by atoms with van der Waals surface area (Å²) in [7, 11) is 0. The summed E-state index contributed by atoms with van der Waals surface area (Å²) in [4.78, 5) is 10.3. The molecule has 0 unspecified atom stereocenters. The number of alkyl halides is 2. The normalized spacial score (nSPS) is 10.2. The summed E-state index contributed by atoms with van der Waals surface area (Å²) in [6.45, 7) is 0. The fraction of sp³-hybridized carbons (Fsp3) is 0.167. The number of carboxylic acids is 1. The average molecular weight is 174 g/mol. The maximum Gasteiger partial charge on any atom is 0.337 e. The number of aromatic carboxylic acids is 1. The first kappa shape index (κ1) is 8.51. The molecule has 6 heteroatoms. The SMILES string of the molecule is O=C(O)c1cnnc(C(F)F)c1. The van der Waals surface area contributed by atoms with Gasteiger partial charge < -0.3 is 5.11 Å². The van der Waals surface area contributed by atoms with Gasteiger partial charge in [0.2, 0.25) is 0 Å². The molecule has 1 rings (SSSR count). The van der Waals surface area contributed by atoms with Crippen molar-refractivity contribution in [2.24, 2.45) is 0 Å². The molecule has 0 fully saturated rings. The zero-order chi connectivity index (χ0) is 9.14. The molecule has 0 aliphatic heterocycles. The van der Waals surface area contributed by atoms with Crippen LogP contribution < -0.4 is 0 Å². The van der Waals surface area contributed by atoms with Crippen LogP contribution in [0, 0.1) is 0 Å². The second-order valence-corrected chi connectivity index (χ2v) is 1.97. The first-order valence-corrected chi connectivity index (χ1v) is 2.95. The summed E-state index contributed by atoms with van der Waals surface area (Å²) < 4.78 is 23.8. The van der Waals surface area contributed by atoms with Crippen molar-refractivity contribution in [2.75, 3.05) is 0 Å². The third kappa shape index (κ3) is 1.71. The van der Waals surface area contributed by atoms with Gasteiger partial charge >= 0.3 is 5.97 Å². The predicted molar refractivity (Wildman–Crippen MR) is 33.9 cm³/mol. The Kier molecular flexibility index (Phi) is 2.27. The molecule has 0 saturated heterocycles. The molecule has 0 amide bonds. The van der Waals surface area contributed by atoms with Crippen LogP contribution in [0.25, 0.3) is 0 Å². The summed E-state index contributed by atoms with van der Waals surface area (Å²) in [5.41, 5.74) is -0.921. The second-order valence-electron chi connectivity index (χ2n) is 1.97. The minimum atomic E-state index is -2.79. The van der Waals surface area contributed by atoms with E-state index in [1.165, 1.54) is 0 Å². The standard InChI is InChI=1S/C6H4F2N2O2/c7-5(8)4-1-3(6(11)12)2-9-10-4/h1-2,5H,(H,11,12). The highest BCUT2D eigenvalue weighted by Crippen LogP contribution is 2.15. The second kappa shape index (κ2) is 3.21. The van der Waals surface area contributed by atoms with Crippen LogP contribution in [0.15, 0.2) is 12.3 Å². The average Bonchev–Trinajstić information content (AvgIpc) is 2.04. The lowest BCUT2D eigenvalue weighted by Gasteiger charge is -1.97. The van der Waals surface area contributed by atoms with Crippen LogP contribution in [0.3, 0.4) is 0 Å². The molecule has 1 aromatic rings. The minimum absolute atomic E-state index is 0.291. The minimum Gasteiger partial charge on any atom is -0.478 e. The van der Waals surface area contributed by atoms with Crippen LogP contribution in [0.2, 0.25) is 0 Å². The summed E-state index contributed by atoms with van der Waals surface area (Å²) in [5, 5.41) is 14.6. The van der Waals surface area contributed by atoms with Gasteiger partial charge in [0.05, 0.1) is 11.8 Å². The van der Waals surface area contributed by atoms with Crippen molar-refractivity contribution < 1.29 is 18.7 Å². The third-order valence-corrected chi connectivity index (χ3v) is 1.14. The van der Waals surface area contributed by atoms with Crippen LogP contribution >= 0.6 is 0 Å². The quantitative estimate of drug-likeness (QED) is 0.729. The molecule has 1 heterocycles. The molecular weight excluding hydrogens is 170 g/mol. The molecule has 0 aliphatic carbocycles. The molecule has 4 nitrogen and oxygen atoms in total. The van der Waals surface area contributed by atoms with Gasteiger partial charge in [0.25, 0.3) is 6.43 Å². The van der Waals surface area contributed by atoms with Crippen molar-refractivity contribution in [3.05, 3.63) is 23.5 Å². The van der Waals surface area contributed by atoms with Gasteiger partial charge in [0.1, 0.15) is 5.69 Å². The number of halogens is 2. The lowest BCUT2D eigenvalue weighted by molar-refractivity contribution is 0.0695. The zero-order valence-electron chi connectivity index (χ0n) is 5.74. The summed E-state index contributed by atoms with van der Waals surface area (Å²) in [6.07, 6.45) is -1.88. The Labute approximate surface area is 65.9 Å². The van der Waals surface area contributed by atoms with Crippen molar-refractivity contribution in [2.45, 2.75) is 6.43 Å². The number of carboxylic acid groups (broad SMARTS) is 1. The maximum absolute atomic E-state index is 11.9. The van der Waals surface area contributed by atoms with E-state index in [1.54, 1.807) is 0 Å². The van der Waals surface area contributed by atoms with Crippen molar-refractivity contribution >= 4 is 5.97 Å². The van der Waals surface area contributed by atoms with Crippen molar-refractivity contribution in [1.29, 1.82) is 0 Å². The van der Waals surface area contributed by atoms with Crippen LogP contribution in [-0.2, 0) is 0 Å². The van der Waals surface area contributed by atoms with E-state index in [4.69, 9.17) is 5.11 Å². The van der Waals surface area contributed by atoms with Gasteiger partial charge in [0, 0.05) is 0 Å². The lowest BCUT2D eigenvalue weighted by Crippen LogP contribution is -2.01. The molecule has 0 bridgehead atoms. The molecular formula is C6H4F2N2O2. The van der Waals surface area contributed by atoms with E-state index in [0.29, 0.717) is 0 Å². The van der Waals surface area contributed by atoms with Crippen LogP contribution in [0.1, 0.15) is 22.5 Å². The number of nitrogens with zero attached hydrogens (tertiary/aromatic N) is 2. The molecule has 1 aromatic heterocycles. The maximum atomic E-state index is 11.9. The first-order valence-electron chi connectivity index (χ1n) is 2.95. The van der Waals surface area contributed by atoms with E-state index in [2.05, 4.69) is 10.2 Å². The van der Waals surface area contributed by atoms with E-state index >= 15 is 0 Å². The topological polar surface area (TPSA) is 63.1 Å². The molecule has 0 atom stereocenters. The monoisotopic (exact) mass is 174 g/mol. The van der Waals surface area contributed by atoms with Crippen LogP contribution in [-0.4, -0.2) is 21.3 Å². The molecule has 1 N–H and O–H groups in total. The van der Waals surface area contributed by atoms with E-state index in [1.807, 2.05) is 0 Å². The van der Waals surface area contributed by atoms with Crippen LogP contribution in [0.4, 0.5) is 8.78 Å². The van der Waals surface area contributed by atoms with Gasteiger partial charge in [-0.25, -0.2) is 13.6 Å². The number of hydrogen-bond acceptors (Lipinski definition) is 3. The van der Waals surface area contributed by atoms with E-state index in [0.717, 1.165) is 12.3 Å². The largest absolute Gasteiger partial charge is 0.478 e. The fourth-order valence-electron chi connectivity index (χ4n) is 0.607. The molecule has 0 spiro atoms. The molecule has 64 valence electrons. The smallest absolute Gasteiger partial charge is 0.337 e. The van der Waals surface area contributed by atoms with Crippen molar-refractivity contribution in [1.82, 2.24) is 10.2 Å². The van der Waals surface area contributed by atoms with Gasteiger partial charge in [-0.3, -0.25) is 0 Å². The molecule has 0 saturated carbocycles. The van der Waals surface area contributed by atoms with Crippen LogP contribution in [0.5, 0.6) is 0 Å². The van der Waals surface area contributed by atoms with Gasteiger partial charge in [-0.05, 0) is 6.07 Å². The highest BCUT2D eigenvalue weighted by atomic mass is 19.3. The zero-order valence-corrected chi connectivity index (χ0v) is 5.74. The Morgan fingerprint density at radius 3 is 2.75 bits per heavy atom. The molecule has 12 heavy (non-hydrogen) atoms. The first-order chi connectivity index (χ1) is 5.61. The van der Waals surface area contributed by atoms with Gasteiger partial charge in [-0.15, -0.1) is 5.10 Å². The Bertz CT molecular complexity index is 303. The lowest BCUT2D eigenvalue weighted by atomic mass is 10.3. The third-order valence-electron chi connectivity index (χ3n) is 1.14. The molecule has 0 radical (unpaired) electrons. The highest BCUT2D eigenvalue weighted by molar-refractivity contribution is 5.87. The van der Waals surface area contributed by atoms with Crippen molar-refractivity contribution in [3.63, 3.8) is 0 Å². The van der Waals surface area contributed by atoms with E-state index in [9.17, 15) is 13.6 Å². The number of rotatable bonds is 2. The van der Waals surface area contributed by atoms with Gasteiger partial charge in [-0.1, -0.05) is 0 Å². The molecule has 0 aromatic carbocycles. The Balaban J connectivity index is 3.04. The Morgan fingerprint density at radius 2 is 2.25 bits per heavy atom. The number of carbonyl (C=O) groups is 1. The van der Waals surface area contributed by atoms with Gasteiger partial charge in [0.15, 0.2) is 0 Å². The summed E-state index contributed by atoms with van der Waals surface area (Å²) in [6, 6.07) is 0.792. The number of aromatic nitrogens is 2. The molecule has 0 aliphatic rings.